The summed E-state index contributed by atoms with van der Waals surface area (Å²) in [5.41, 5.74) is 2.45. The molecule has 26 heavy (non-hydrogen) atoms. The zero-order valence-electron chi connectivity index (χ0n) is 13.6. The lowest BCUT2D eigenvalue weighted by atomic mass is 10.2. The van der Waals surface area contributed by atoms with Crippen LogP contribution in [0.5, 0.6) is 0 Å². The van der Waals surface area contributed by atoms with Gasteiger partial charge in [0.25, 0.3) is 0 Å². The molecule has 7 heteroatoms. The first-order valence-corrected chi connectivity index (χ1v) is 8.13. The standard InChI is InChI=1S/C19H13N5O2/c25-19-16-12-23(21-18(16)15-8-4-5-9-17(15)26-19)10-13-11-24(22-20-13)14-6-2-1-3-7-14/h1-9,11-12H,10H2. The number of benzene rings is 2. The molecule has 0 N–H and O–H groups in total. The van der Waals surface area contributed by atoms with E-state index in [1.54, 1.807) is 21.6 Å². The summed E-state index contributed by atoms with van der Waals surface area (Å²) >= 11 is 0. The Kier molecular flexibility index (Phi) is 3.18. The molecule has 0 unspecified atom stereocenters. The van der Waals surface area contributed by atoms with E-state index in [0.717, 1.165) is 16.8 Å². The number of aromatic nitrogens is 5. The Hall–Kier alpha value is -3.74. The fourth-order valence-corrected chi connectivity index (χ4v) is 3.00. The fourth-order valence-electron chi connectivity index (χ4n) is 3.00. The fraction of sp³-hybridized carbons (Fsp3) is 0.0526. The smallest absolute Gasteiger partial charge is 0.347 e. The molecule has 0 saturated carbocycles. The molecule has 0 bridgehead atoms. The highest BCUT2D eigenvalue weighted by Crippen LogP contribution is 2.21. The lowest BCUT2D eigenvalue weighted by molar-refractivity contribution is 0.569. The zero-order chi connectivity index (χ0) is 17.5. The topological polar surface area (TPSA) is 78.7 Å². The second-order valence-corrected chi connectivity index (χ2v) is 5.96. The minimum Gasteiger partial charge on any atom is -0.422 e. The Morgan fingerprint density at radius 3 is 2.62 bits per heavy atom. The molecule has 7 nitrogen and oxygen atoms in total. The van der Waals surface area contributed by atoms with Crippen LogP contribution in [0.15, 0.2) is 76.2 Å². The van der Waals surface area contributed by atoms with E-state index in [0.29, 0.717) is 23.0 Å². The van der Waals surface area contributed by atoms with Gasteiger partial charge in [-0.3, -0.25) is 4.68 Å². The van der Waals surface area contributed by atoms with Crippen LogP contribution in [-0.4, -0.2) is 24.8 Å². The van der Waals surface area contributed by atoms with Gasteiger partial charge in [0.05, 0.1) is 18.4 Å². The molecule has 0 aliphatic rings. The van der Waals surface area contributed by atoms with Crippen LogP contribution in [0, 0.1) is 0 Å². The average molecular weight is 343 g/mol. The molecule has 0 radical (unpaired) electrons. The normalized spacial score (nSPS) is 11.4. The van der Waals surface area contributed by atoms with Gasteiger partial charge in [0.2, 0.25) is 0 Å². The summed E-state index contributed by atoms with van der Waals surface area (Å²) in [5.74, 6) is 0. The van der Waals surface area contributed by atoms with Crippen LogP contribution in [0.3, 0.4) is 0 Å². The zero-order valence-corrected chi connectivity index (χ0v) is 13.6. The molecule has 2 aromatic carbocycles. The number of hydrogen-bond donors (Lipinski definition) is 0. The summed E-state index contributed by atoms with van der Waals surface area (Å²) in [4.78, 5) is 12.2. The van der Waals surface area contributed by atoms with Crippen LogP contribution in [0.1, 0.15) is 5.69 Å². The van der Waals surface area contributed by atoms with Gasteiger partial charge in [-0.1, -0.05) is 35.5 Å². The third-order valence-electron chi connectivity index (χ3n) is 4.21. The third-order valence-corrected chi connectivity index (χ3v) is 4.21. The maximum atomic E-state index is 12.2. The van der Waals surface area contributed by atoms with Crippen molar-refractivity contribution in [2.24, 2.45) is 0 Å². The molecule has 0 saturated heterocycles. The Morgan fingerprint density at radius 2 is 1.73 bits per heavy atom. The van der Waals surface area contributed by atoms with Crippen LogP contribution < -0.4 is 5.63 Å². The molecule has 0 fully saturated rings. The number of nitrogens with zero attached hydrogens (tertiary/aromatic N) is 5. The first-order chi connectivity index (χ1) is 12.8. The molecule has 0 amide bonds. The average Bonchev–Trinajstić information content (AvgIpc) is 3.31. The van der Waals surface area contributed by atoms with Crippen LogP contribution in [0.4, 0.5) is 0 Å². The van der Waals surface area contributed by atoms with Gasteiger partial charge in [0.15, 0.2) is 0 Å². The minimum atomic E-state index is -0.391. The molecule has 126 valence electrons. The summed E-state index contributed by atoms with van der Waals surface area (Å²) in [5, 5.41) is 14.2. The van der Waals surface area contributed by atoms with Crippen molar-refractivity contribution in [3.8, 4) is 5.69 Å². The summed E-state index contributed by atoms with van der Waals surface area (Å²) in [7, 11) is 0. The molecule has 0 aliphatic heterocycles. The van der Waals surface area contributed by atoms with Gasteiger partial charge in [-0.2, -0.15) is 5.10 Å². The minimum absolute atomic E-state index is 0.391. The van der Waals surface area contributed by atoms with E-state index in [9.17, 15) is 4.79 Å². The maximum Gasteiger partial charge on any atom is 0.347 e. The van der Waals surface area contributed by atoms with Crippen molar-refractivity contribution in [1.82, 2.24) is 24.8 Å². The van der Waals surface area contributed by atoms with Crippen molar-refractivity contribution < 1.29 is 4.42 Å². The van der Waals surface area contributed by atoms with Gasteiger partial charge in [-0.25, -0.2) is 9.48 Å². The van der Waals surface area contributed by atoms with E-state index in [1.807, 2.05) is 54.7 Å². The predicted molar refractivity (Wildman–Crippen MR) is 96.2 cm³/mol. The molecular formula is C19H13N5O2. The van der Waals surface area contributed by atoms with E-state index in [2.05, 4.69) is 15.4 Å². The molecular weight excluding hydrogens is 330 g/mol. The number of para-hydroxylation sites is 2. The van der Waals surface area contributed by atoms with E-state index in [-0.39, 0.29) is 0 Å². The first-order valence-electron chi connectivity index (χ1n) is 8.13. The van der Waals surface area contributed by atoms with Gasteiger partial charge in [-0.05, 0) is 24.3 Å². The summed E-state index contributed by atoms with van der Waals surface area (Å²) in [6.45, 7) is 0.412. The van der Waals surface area contributed by atoms with Crippen molar-refractivity contribution >= 4 is 21.9 Å². The molecule has 5 aromatic rings. The molecule has 3 aromatic heterocycles. The van der Waals surface area contributed by atoms with E-state index < -0.39 is 5.63 Å². The van der Waals surface area contributed by atoms with Gasteiger partial charge in [0.1, 0.15) is 22.2 Å². The van der Waals surface area contributed by atoms with Crippen molar-refractivity contribution in [2.75, 3.05) is 0 Å². The van der Waals surface area contributed by atoms with Crippen LogP contribution in [0.25, 0.3) is 27.6 Å². The Morgan fingerprint density at radius 1 is 0.923 bits per heavy atom. The first kappa shape index (κ1) is 14.6. The molecule has 0 atom stereocenters. The van der Waals surface area contributed by atoms with E-state index >= 15 is 0 Å². The van der Waals surface area contributed by atoms with Gasteiger partial charge in [0, 0.05) is 11.6 Å². The van der Waals surface area contributed by atoms with Crippen LogP contribution in [0.2, 0.25) is 0 Å². The highest BCUT2D eigenvalue weighted by Gasteiger charge is 2.12. The summed E-state index contributed by atoms with van der Waals surface area (Å²) in [6, 6.07) is 17.1. The van der Waals surface area contributed by atoms with Crippen LogP contribution >= 0.6 is 0 Å². The summed E-state index contributed by atoms with van der Waals surface area (Å²) in [6.07, 6.45) is 3.54. The maximum absolute atomic E-state index is 12.2. The number of hydrogen-bond acceptors (Lipinski definition) is 5. The molecule has 0 aliphatic carbocycles. The molecule has 3 heterocycles. The number of fused-ring (bicyclic) bond motifs is 3. The Bertz CT molecular complexity index is 1280. The van der Waals surface area contributed by atoms with Gasteiger partial charge in [-0.15, -0.1) is 5.10 Å². The van der Waals surface area contributed by atoms with Crippen molar-refractivity contribution in [2.45, 2.75) is 6.54 Å². The van der Waals surface area contributed by atoms with Gasteiger partial charge >= 0.3 is 5.63 Å². The second-order valence-electron chi connectivity index (χ2n) is 5.96. The lowest BCUT2D eigenvalue weighted by Crippen LogP contribution is -2.00. The third kappa shape index (κ3) is 2.37. The van der Waals surface area contributed by atoms with Crippen LogP contribution in [-0.2, 0) is 6.54 Å². The monoisotopic (exact) mass is 343 g/mol. The van der Waals surface area contributed by atoms with Crippen molar-refractivity contribution in [1.29, 1.82) is 0 Å². The largest absolute Gasteiger partial charge is 0.422 e. The van der Waals surface area contributed by atoms with Crippen molar-refractivity contribution in [3.05, 3.63) is 83.1 Å². The predicted octanol–water partition coefficient (Wildman–Crippen LogP) is 2.77. The Balaban J connectivity index is 1.54. The van der Waals surface area contributed by atoms with Gasteiger partial charge < -0.3 is 4.42 Å². The highest BCUT2D eigenvalue weighted by atomic mass is 16.4. The Labute approximate surface area is 147 Å². The SMILES string of the molecule is O=c1oc2ccccc2c2nn(Cc3cn(-c4ccccc4)nn3)cc12. The number of rotatable bonds is 3. The lowest BCUT2D eigenvalue weighted by Gasteiger charge is -1.98. The summed E-state index contributed by atoms with van der Waals surface area (Å²) < 4.78 is 8.76. The molecule has 5 rings (SSSR count). The molecule has 0 spiro atoms. The van der Waals surface area contributed by atoms with E-state index in [1.165, 1.54) is 0 Å². The second kappa shape index (κ2) is 5.66. The van der Waals surface area contributed by atoms with E-state index in [4.69, 9.17) is 4.42 Å². The quantitative estimate of drug-likeness (QED) is 0.471. The highest BCUT2D eigenvalue weighted by molar-refractivity contribution is 6.01. The van der Waals surface area contributed by atoms with Crippen molar-refractivity contribution in [3.63, 3.8) is 0 Å².